The van der Waals surface area contributed by atoms with Gasteiger partial charge in [-0.1, -0.05) is 13.8 Å². The third-order valence-corrected chi connectivity index (χ3v) is 6.09. The fourth-order valence-electron chi connectivity index (χ4n) is 3.15. The second-order valence-corrected chi connectivity index (χ2v) is 9.25. The molecule has 23 heavy (non-hydrogen) atoms. The quantitative estimate of drug-likeness (QED) is 0.918. The van der Waals surface area contributed by atoms with Gasteiger partial charge in [0, 0.05) is 29.6 Å². The summed E-state index contributed by atoms with van der Waals surface area (Å²) >= 11 is 0. The summed E-state index contributed by atoms with van der Waals surface area (Å²) in [5.41, 5.74) is 1.54. The van der Waals surface area contributed by atoms with E-state index in [2.05, 4.69) is 18.6 Å². The molecule has 0 radical (unpaired) electrons. The molecule has 0 saturated heterocycles. The van der Waals surface area contributed by atoms with E-state index in [9.17, 15) is 13.2 Å². The molecule has 0 spiro atoms. The Morgan fingerprint density at radius 2 is 1.96 bits per heavy atom. The topological polar surface area (TPSA) is 66.5 Å². The molecule has 0 unspecified atom stereocenters. The molecule has 1 N–H and O–H groups in total. The Hall–Kier alpha value is -1.40. The highest BCUT2D eigenvalue weighted by Gasteiger charge is 2.43. The number of hydrogen-bond acceptors (Lipinski definition) is 3. The minimum atomic E-state index is -3.53. The number of carbonyl (C=O) groups is 1. The third-order valence-electron chi connectivity index (χ3n) is 4.44. The van der Waals surface area contributed by atoms with E-state index in [4.69, 9.17) is 0 Å². The first-order chi connectivity index (χ1) is 10.6. The van der Waals surface area contributed by atoms with Crippen LogP contribution in [0.2, 0.25) is 0 Å². The molecular weight excluding hydrogens is 312 g/mol. The van der Waals surface area contributed by atoms with Crippen LogP contribution in [0.5, 0.6) is 0 Å². The molecule has 1 saturated carbocycles. The molecule has 1 aliphatic heterocycles. The van der Waals surface area contributed by atoms with E-state index in [-0.39, 0.29) is 28.2 Å². The Morgan fingerprint density at radius 1 is 1.30 bits per heavy atom. The van der Waals surface area contributed by atoms with Crippen molar-refractivity contribution in [1.82, 2.24) is 4.72 Å². The van der Waals surface area contributed by atoms with Gasteiger partial charge in [-0.2, -0.15) is 0 Å². The van der Waals surface area contributed by atoms with E-state index in [0.717, 1.165) is 24.1 Å². The zero-order valence-electron chi connectivity index (χ0n) is 14.1. The molecule has 1 heterocycles. The van der Waals surface area contributed by atoms with Gasteiger partial charge in [0.05, 0.1) is 4.90 Å². The fourth-order valence-corrected chi connectivity index (χ4v) is 4.43. The SMILES string of the molecule is CC(C)NS(=O)(=O)c1ccc2c(c1)C(C)(C)CN2C(=O)C1CC1. The average Bonchev–Trinajstić information content (AvgIpc) is 3.23. The normalized spacial score (nSPS) is 20.0. The smallest absolute Gasteiger partial charge is 0.240 e. The number of rotatable bonds is 4. The number of sulfonamides is 1. The van der Waals surface area contributed by atoms with E-state index in [1.54, 1.807) is 32.0 Å². The van der Waals surface area contributed by atoms with Crippen LogP contribution in [0.1, 0.15) is 46.1 Å². The summed E-state index contributed by atoms with van der Waals surface area (Å²) in [6.45, 7) is 8.31. The lowest BCUT2D eigenvalue weighted by Crippen LogP contribution is -2.34. The van der Waals surface area contributed by atoms with Gasteiger partial charge < -0.3 is 4.90 Å². The molecule has 5 nitrogen and oxygen atoms in total. The summed E-state index contributed by atoms with van der Waals surface area (Å²) in [4.78, 5) is 14.6. The van der Waals surface area contributed by atoms with Crippen molar-refractivity contribution in [1.29, 1.82) is 0 Å². The van der Waals surface area contributed by atoms with Crippen molar-refractivity contribution in [3.8, 4) is 0 Å². The Labute approximate surface area is 138 Å². The van der Waals surface area contributed by atoms with Crippen molar-refractivity contribution in [2.75, 3.05) is 11.4 Å². The number of amides is 1. The van der Waals surface area contributed by atoms with Gasteiger partial charge in [-0.15, -0.1) is 0 Å². The number of nitrogens with one attached hydrogen (secondary N) is 1. The number of nitrogens with zero attached hydrogens (tertiary/aromatic N) is 1. The summed E-state index contributed by atoms with van der Waals surface area (Å²) in [6.07, 6.45) is 1.94. The Balaban J connectivity index is 2.00. The van der Waals surface area contributed by atoms with E-state index in [1.807, 2.05) is 4.90 Å². The molecule has 0 bridgehead atoms. The number of hydrogen-bond donors (Lipinski definition) is 1. The van der Waals surface area contributed by atoms with E-state index in [1.165, 1.54) is 0 Å². The van der Waals surface area contributed by atoms with E-state index < -0.39 is 10.0 Å². The van der Waals surface area contributed by atoms with Gasteiger partial charge in [0.2, 0.25) is 15.9 Å². The van der Waals surface area contributed by atoms with Gasteiger partial charge in [0.15, 0.2) is 0 Å². The molecule has 1 amide bonds. The minimum absolute atomic E-state index is 0.155. The first-order valence-electron chi connectivity index (χ1n) is 8.10. The zero-order chi connectivity index (χ0) is 17.0. The lowest BCUT2D eigenvalue weighted by molar-refractivity contribution is -0.119. The molecule has 1 fully saturated rings. The molecular formula is C17H24N2O3S. The van der Waals surface area contributed by atoms with Crippen molar-refractivity contribution in [2.24, 2.45) is 5.92 Å². The minimum Gasteiger partial charge on any atom is -0.311 e. The number of fused-ring (bicyclic) bond motifs is 1. The van der Waals surface area contributed by atoms with Crippen molar-refractivity contribution in [2.45, 2.75) is 56.9 Å². The molecule has 2 aliphatic rings. The molecule has 1 aliphatic carbocycles. The number of benzene rings is 1. The van der Waals surface area contributed by atoms with Crippen LogP contribution in [0.4, 0.5) is 5.69 Å². The van der Waals surface area contributed by atoms with Crippen LogP contribution in [0.3, 0.4) is 0 Å². The molecule has 1 aromatic carbocycles. The summed E-state index contributed by atoms with van der Waals surface area (Å²) in [5.74, 6) is 0.329. The third kappa shape index (κ3) is 3.02. The molecule has 6 heteroatoms. The van der Waals surface area contributed by atoms with Crippen LogP contribution in [0.25, 0.3) is 0 Å². The van der Waals surface area contributed by atoms with Crippen molar-refractivity contribution < 1.29 is 13.2 Å². The predicted molar refractivity (Wildman–Crippen MR) is 90.0 cm³/mol. The van der Waals surface area contributed by atoms with Crippen LogP contribution in [-0.4, -0.2) is 26.9 Å². The van der Waals surface area contributed by atoms with Crippen molar-refractivity contribution in [3.63, 3.8) is 0 Å². The highest BCUT2D eigenvalue weighted by molar-refractivity contribution is 7.89. The molecule has 3 rings (SSSR count). The van der Waals surface area contributed by atoms with Gasteiger partial charge in [0.1, 0.15) is 0 Å². The Kier molecular flexibility index (Phi) is 3.80. The van der Waals surface area contributed by atoms with Crippen LogP contribution >= 0.6 is 0 Å². The van der Waals surface area contributed by atoms with Gasteiger partial charge in [-0.25, -0.2) is 13.1 Å². The molecule has 0 aromatic heterocycles. The summed E-state index contributed by atoms with van der Waals surface area (Å²) < 4.78 is 27.4. The molecule has 0 atom stereocenters. The van der Waals surface area contributed by atoms with Gasteiger partial charge in [-0.3, -0.25) is 4.79 Å². The Bertz CT molecular complexity index is 749. The first-order valence-corrected chi connectivity index (χ1v) is 9.58. The largest absolute Gasteiger partial charge is 0.311 e. The van der Waals surface area contributed by atoms with Crippen LogP contribution in [0, 0.1) is 5.92 Å². The van der Waals surface area contributed by atoms with E-state index >= 15 is 0 Å². The Morgan fingerprint density at radius 3 is 2.52 bits per heavy atom. The maximum absolute atomic E-state index is 12.5. The first kappa shape index (κ1) is 16.5. The van der Waals surface area contributed by atoms with Gasteiger partial charge >= 0.3 is 0 Å². The van der Waals surface area contributed by atoms with Gasteiger partial charge in [0.25, 0.3) is 0 Å². The van der Waals surface area contributed by atoms with Crippen molar-refractivity contribution >= 4 is 21.6 Å². The van der Waals surface area contributed by atoms with Gasteiger partial charge in [-0.05, 0) is 50.5 Å². The zero-order valence-corrected chi connectivity index (χ0v) is 14.9. The molecule has 126 valence electrons. The average molecular weight is 336 g/mol. The highest BCUT2D eigenvalue weighted by atomic mass is 32.2. The predicted octanol–water partition coefficient (Wildman–Crippen LogP) is 2.41. The summed E-state index contributed by atoms with van der Waals surface area (Å²) in [6, 6.07) is 4.94. The lowest BCUT2D eigenvalue weighted by atomic mass is 9.87. The monoisotopic (exact) mass is 336 g/mol. The van der Waals surface area contributed by atoms with Crippen LogP contribution in [-0.2, 0) is 20.2 Å². The van der Waals surface area contributed by atoms with E-state index in [0.29, 0.717) is 6.54 Å². The number of carbonyl (C=O) groups excluding carboxylic acids is 1. The lowest BCUT2D eigenvalue weighted by Gasteiger charge is -2.20. The maximum Gasteiger partial charge on any atom is 0.240 e. The van der Waals surface area contributed by atoms with Crippen LogP contribution in [0.15, 0.2) is 23.1 Å². The molecule has 1 aromatic rings. The fraction of sp³-hybridized carbons (Fsp3) is 0.588. The highest BCUT2D eigenvalue weighted by Crippen LogP contribution is 2.44. The second kappa shape index (κ2) is 5.31. The second-order valence-electron chi connectivity index (χ2n) is 7.54. The van der Waals surface area contributed by atoms with Crippen molar-refractivity contribution in [3.05, 3.63) is 23.8 Å². The standard InChI is InChI=1S/C17H24N2O3S/c1-11(2)18-23(21,22)13-7-8-15-14(9-13)17(3,4)10-19(15)16(20)12-5-6-12/h7-9,11-12,18H,5-6,10H2,1-4H3. The summed E-state index contributed by atoms with van der Waals surface area (Å²) in [5, 5.41) is 0. The van der Waals surface area contributed by atoms with Crippen LogP contribution < -0.4 is 9.62 Å². The summed E-state index contributed by atoms with van der Waals surface area (Å²) in [7, 11) is -3.53. The maximum atomic E-state index is 12.5. The number of anilines is 1.